The molecular formula is C13H22NOP. The maximum absolute atomic E-state index is 12.0. The van der Waals surface area contributed by atoms with E-state index in [4.69, 9.17) is 0 Å². The molecule has 0 spiro atoms. The molecule has 90 valence electrons. The van der Waals surface area contributed by atoms with Gasteiger partial charge in [0, 0.05) is 17.9 Å². The van der Waals surface area contributed by atoms with Gasteiger partial charge in [-0.25, -0.2) is 0 Å². The molecule has 0 saturated carbocycles. The van der Waals surface area contributed by atoms with Crippen LogP contribution in [0.3, 0.4) is 0 Å². The van der Waals surface area contributed by atoms with Crippen LogP contribution in [0.1, 0.15) is 26.3 Å². The maximum Gasteiger partial charge on any atom is 0.0887 e. The van der Waals surface area contributed by atoms with E-state index < -0.39 is 7.14 Å². The maximum atomic E-state index is 12.0. The van der Waals surface area contributed by atoms with E-state index in [0.717, 1.165) is 11.8 Å². The summed E-state index contributed by atoms with van der Waals surface area (Å²) >= 11 is 0. The first-order valence-electron chi connectivity index (χ1n) is 5.84. The summed E-state index contributed by atoms with van der Waals surface area (Å²) < 4.78 is 12.0. The van der Waals surface area contributed by atoms with Crippen molar-refractivity contribution in [3.05, 3.63) is 29.8 Å². The monoisotopic (exact) mass is 239 g/mol. The largest absolute Gasteiger partial charge is 0.383 e. The van der Waals surface area contributed by atoms with Crippen LogP contribution in [0.4, 0.5) is 5.69 Å². The average molecular weight is 239 g/mol. The Morgan fingerprint density at radius 3 is 2.25 bits per heavy atom. The molecule has 0 aliphatic carbocycles. The Kier molecular flexibility index (Phi) is 4.61. The molecule has 0 heterocycles. The summed E-state index contributed by atoms with van der Waals surface area (Å²) in [5.74, 6) is 0. The first-order chi connectivity index (χ1) is 7.43. The molecule has 0 fully saturated rings. The van der Waals surface area contributed by atoms with E-state index in [1.54, 1.807) is 0 Å². The Hall–Kier alpha value is -0.750. The van der Waals surface area contributed by atoms with Gasteiger partial charge in [-0.3, -0.25) is 0 Å². The lowest BCUT2D eigenvalue weighted by Crippen LogP contribution is -2.09. The first-order valence-corrected chi connectivity index (χ1v) is 8.36. The van der Waals surface area contributed by atoms with Crippen LogP contribution in [0.5, 0.6) is 0 Å². The average Bonchev–Trinajstić information content (AvgIpc) is 2.20. The number of rotatable bonds is 5. The van der Waals surface area contributed by atoms with Gasteiger partial charge in [0.1, 0.15) is 0 Å². The van der Waals surface area contributed by atoms with Gasteiger partial charge in [0.2, 0.25) is 0 Å². The zero-order valence-corrected chi connectivity index (χ0v) is 11.6. The minimum atomic E-state index is -1.96. The lowest BCUT2D eigenvalue weighted by molar-refractivity contribution is 0.578. The van der Waals surface area contributed by atoms with Gasteiger partial charge in [0.25, 0.3) is 0 Å². The fraction of sp³-hybridized carbons (Fsp3) is 0.538. The summed E-state index contributed by atoms with van der Waals surface area (Å²) in [6.45, 7) is 8.11. The van der Waals surface area contributed by atoms with Crippen molar-refractivity contribution in [2.45, 2.75) is 33.0 Å². The Bertz CT molecular complexity index is 370. The quantitative estimate of drug-likeness (QED) is 0.786. The lowest BCUT2D eigenvalue weighted by Gasteiger charge is -2.12. The van der Waals surface area contributed by atoms with E-state index in [0.29, 0.717) is 12.2 Å². The normalized spacial score (nSPS) is 14.8. The van der Waals surface area contributed by atoms with Crippen molar-refractivity contribution in [2.24, 2.45) is 0 Å². The molecule has 0 saturated heterocycles. The highest BCUT2D eigenvalue weighted by Crippen LogP contribution is 2.44. The Morgan fingerprint density at radius 1 is 1.25 bits per heavy atom. The second kappa shape index (κ2) is 5.54. The van der Waals surface area contributed by atoms with E-state index in [1.165, 1.54) is 5.56 Å². The fourth-order valence-electron chi connectivity index (χ4n) is 1.54. The number of hydrogen-bond acceptors (Lipinski definition) is 2. The van der Waals surface area contributed by atoms with E-state index in [-0.39, 0.29) is 0 Å². The third-order valence-electron chi connectivity index (χ3n) is 2.60. The predicted molar refractivity (Wildman–Crippen MR) is 73.0 cm³/mol. The SMILES string of the molecule is CCP(C)(=O)Cc1ccc(NC(C)C)cc1. The van der Waals surface area contributed by atoms with Crippen LogP contribution in [-0.4, -0.2) is 18.9 Å². The molecule has 0 aromatic heterocycles. The number of hydrogen-bond donors (Lipinski definition) is 1. The molecule has 1 aromatic rings. The van der Waals surface area contributed by atoms with Crippen molar-refractivity contribution >= 4 is 12.8 Å². The molecule has 1 rings (SSSR count). The van der Waals surface area contributed by atoms with Crippen molar-refractivity contribution < 1.29 is 4.57 Å². The van der Waals surface area contributed by atoms with Crippen LogP contribution in [0.2, 0.25) is 0 Å². The highest BCUT2D eigenvalue weighted by Gasteiger charge is 2.12. The van der Waals surface area contributed by atoms with Gasteiger partial charge >= 0.3 is 0 Å². The highest BCUT2D eigenvalue weighted by atomic mass is 31.2. The van der Waals surface area contributed by atoms with Gasteiger partial charge in [0.05, 0.1) is 7.14 Å². The van der Waals surface area contributed by atoms with Gasteiger partial charge in [-0.1, -0.05) is 19.1 Å². The van der Waals surface area contributed by atoms with Gasteiger partial charge in [-0.15, -0.1) is 0 Å². The third-order valence-corrected chi connectivity index (χ3v) is 4.97. The van der Waals surface area contributed by atoms with E-state index in [2.05, 4.69) is 43.4 Å². The summed E-state index contributed by atoms with van der Waals surface area (Å²) in [7, 11) is -1.96. The summed E-state index contributed by atoms with van der Waals surface area (Å²) in [4.78, 5) is 0. The smallest absolute Gasteiger partial charge is 0.0887 e. The Morgan fingerprint density at radius 2 is 1.81 bits per heavy atom. The minimum absolute atomic E-state index is 0.443. The number of anilines is 1. The molecule has 1 unspecified atom stereocenters. The van der Waals surface area contributed by atoms with Gasteiger partial charge in [-0.05, 0) is 44.4 Å². The summed E-state index contributed by atoms with van der Waals surface area (Å²) in [6.07, 6.45) is 1.49. The molecule has 0 aliphatic rings. The van der Waals surface area contributed by atoms with Crippen LogP contribution < -0.4 is 5.32 Å². The minimum Gasteiger partial charge on any atom is -0.383 e. The molecule has 1 atom stereocenters. The Balaban J connectivity index is 2.68. The van der Waals surface area contributed by atoms with Crippen LogP contribution in [0, 0.1) is 0 Å². The van der Waals surface area contributed by atoms with Crippen LogP contribution in [0.25, 0.3) is 0 Å². The zero-order chi connectivity index (χ0) is 12.2. The van der Waals surface area contributed by atoms with Crippen molar-refractivity contribution in [1.82, 2.24) is 0 Å². The molecule has 16 heavy (non-hydrogen) atoms. The second-order valence-corrected chi connectivity index (χ2v) is 8.31. The second-order valence-electron chi connectivity index (χ2n) is 4.77. The first kappa shape index (κ1) is 13.3. The van der Waals surface area contributed by atoms with E-state index >= 15 is 0 Å². The van der Waals surface area contributed by atoms with Crippen molar-refractivity contribution in [3.63, 3.8) is 0 Å². The van der Waals surface area contributed by atoms with E-state index in [1.807, 2.05) is 13.6 Å². The molecule has 0 bridgehead atoms. The topological polar surface area (TPSA) is 29.1 Å². The standard InChI is InChI=1S/C13H22NOP/c1-5-16(4,15)10-12-6-8-13(9-7-12)14-11(2)3/h6-9,11,14H,5,10H2,1-4H3. The lowest BCUT2D eigenvalue weighted by atomic mass is 10.2. The van der Waals surface area contributed by atoms with Crippen LogP contribution in [-0.2, 0) is 10.7 Å². The highest BCUT2D eigenvalue weighted by molar-refractivity contribution is 7.62. The molecule has 0 aliphatic heterocycles. The van der Waals surface area contributed by atoms with E-state index in [9.17, 15) is 4.57 Å². The van der Waals surface area contributed by atoms with Crippen molar-refractivity contribution in [2.75, 3.05) is 18.1 Å². The molecule has 1 N–H and O–H groups in total. The molecule has 1 aromatic carbocycles. The summed E-state index contributed by atoms with van der Waals surface area (Å²) in [5.41, 5.74) is 2.29. The van der Waals surface area contributed by atoms with Gasteiger partial charge in [0.15, 0.2) is 0 Å². The van der Waals surface area contributed by atoms with Crippen LogP contribution >= 0.6 is 7.14 Å². The molecule has 2 nitrogen and oxygen atoms in total. The molecular weight excluding hydrogens is 217 g/mol. The number of nitrogens with one attached hydrogen (secondary N) is 1. The molecule has 0 radical (unpaired) electrons. The summed E-state index contributed by atoms with van der Waals surface area (Å²) in [6, 6.07) is 8.70. The predicted octanol–water partition coefficient (Wildman–Crippen LogP) is 4.02. The van der Waals surface area contributed by atoms with Gasteiger partial charge in [-0.2, -0.15) is 0 Å². The summed E-state index contributed by atoms with van der Waals surface area (Å²) in [5, 5.41) is 3.34. The van der Waals surface area contributed by atoms with Crippen molar-refractivity contribution in [3.8, 4) is 0 Å². The Labute approximate surface area is 98.8 Å². The third kappa shape index (κ3) is 4.40. The van der Waals surface area contributed by atoms with Gasteiger partial charge < -0.3 is 9.88 Å². The zero-order valence-electron chi connectivity index (χ0n) is 10.7. The molecule has 3 heteroatoms. The number of benzene rings is 1. The fourth-order valence-corrected chi connectivity index (χ4v) is 2.74. The van der Waals surface area contributed by atoms with Crippen LogP contribution in [0.15, 0.2) is 24.3 Å². The van der Waals surface area contributed by atoms with Crippen molar-refractivity contribution in [1.29, 1.82) is 0 Å². The molecule has 0 amide bonds.